The highest BCUT2D eigenvalue weighted by Crippen LogP contribution is 2.25. The van der Waals surface area contributed by atoms with E-state index in [1.165, 1.54) is 12.8 Å². The fourth-order valence-corrected chi connectivity index (χ4v) is 2.67. The molecular formula is C18H34O3. The standard InChI is InChI=1S/C18H34O3/c1-17(2,12-14-19)20-15-13-18(3,4)21-16-10-8-6-5-7-9-11-16/h5-6,16,19H,7-15H2,1-4H3/b6-5-. The van der Waals surface area contributed by atoms with E-state index < -0.39 is 0 Å². The summed E-state index contributed by atoms with van der Waals surface area (Å²) in [7, 11) is 0. The summed E-state index contributed by atoms with van der Waals surface area (Å²) < 4.78 is 12.2. The molecule has 0 aromatic heterocycles. The van der Waals surface area contributed by atoms with Gasteiger partial charge in [0.05, 0.1) is 23.9 Å². The molecule has 0 aromatic rings. The number of rotatable bonds is 8. The molecule has 0 spiro atoms. The van der Waals surface area contributed by atoms with E-state index in [0.29, 0.717) is 19.1 Å². The van der Waals surface area contributed by atoms with Crippen LogP contribution in [0.5, 0.6) is 0 Å². The third kappa shape index (κ3) is 8.60. The van der Waals surface area contributed by atoms with Crippen LogP contribution in [0.15, 0.2) is 12.2 Å². The highest BCUT2D eigenvalue weighted by atomic mass is 16.5. The zero-order chi connectivity index (χ0) is 15.8. The highest BCUT2D eigenvalue weighted by Gasteiger charge is 2.25. The minimum absolute atomic E-state index is 0.150. The van der Waals surface area contributed by atoms with Gasteiger partial charge in [-0.15, -0.1) is 0 Å². The largest absolute Gasteiger partial charge is 0.396 e. The van der Waals surface area contributed by atoms with Gasteiger partial charge >= 0.3 is 0 Å². The molecule has 3 nitrogen and oxygen atoms in total. The van der Waals surface area contributed by atoms with E-state index >= 15 is 0 Å². The van der Waals surface area contributed by atoms with Crippen LogP contribution in [0.1, 0.15) is 72.6 Å². The molecule has 0 heterocycles. The van der Waals surface area contributed by atoms with Gasteiger partial charge in [0.15, 0.2) is 0 Å². The lowest BCUT2D eigenvalue weighted by molar-refractivity contribution is -0.108. The summed E-state index contributed by atoms with van der Waals surface area (Å²) in [6.07, 6.45) is 12.3. The molecule has 1 aliphatic carbocycles. The van der Waals surface area contributed by atoms with Crippen molar-refractivity contribution in [1.82, 2.24) is 0 Å². The number of ether oxygens (including phenoxy) is 2. The van der Waals surface area contributed by atoms with Crippen molar-refractivity contribution in [3.05, 3.63) is 12.2 Å². The quantitative estimate of drug-likeness (QED) is 0.681. The van der Waals surface area contributed by atoms with Crippen molar-refractivity contribution in [3.8, 4) is 0 Å². The van der Waals surface area contributed by atoms with Gasteiger partial charge in [0.2, 0.25) is 0 Å². The predicted molar refractivity (Wildman–Crippen MR) is 87.5 cm³/mol. The van der Waals surface area contributed by atoms with Gasteiger partial charge in [-0.25, -0.2) is 0 Å². The van der Waals surface area contributed by atoms with Gasteiger partial charge in [-0.1, -0.05) is 12.2 Å². The van der Waals surface area contributed by atoms with Gasteiger partial charge in [0, 0.05) is 6.61 Å². The van der Waals surface area contributed by atoms with Gasteiger partial charge < -0.3 is 14.6 Å². The number of allylic oxidation sites excluding steroid dienone is 2. The van der Waals surface area contributed by atoms with E-state index in [2.05, 4.69) is 26.0 Å². The summed E-state index contributed by atoms with van der Waals surface area (Å²) in [6, 6.07) is 0. The van der Waals surface area contributed by atoms with Crippen LogP contribution in [0.4, 0.5) is 0 Å². The summed E-state index contributed by atoms with van der Waals surface area (Å²) in [5.74, 6) is 0. The fourth-order valence-electron chi connectivity index (χ4n) is 2.67. The molecular weight excluding hydrogens is 264 g/mol. The second-order valence-corrected chi connectivity index (χ2v) is 7.31. The Morgan fingerprint density at radius 1 is 1.00 bits per heavy atom. The van der Waals surface area contributed by atoms with Crippen molar-refractivity contribution in [1.29, 1.82) is 0 Å². The topological polar surface area (TPSA) is 38.7 Å². The second-order valence-electron chi connectivity index (χ2n) is 7.31. The summed E-state index contributed by atoms with van der Waals surface area (Å²) in [6.45, 7) is 9.21. The average Bonchev–Trinajstić information content (AvgIpc) is 2.31. The minimum atomic E-state index is -0.254. The summed E-state index contributed by atoms with van der Waals surface area (Å²) in [5.41, 5.74) is -0.404. The molecule has 0 amide bonds. The second kappa shape index (κ2) is 8.92. The molecule has 0 aromatic carbocycles. The maximum Gasteiger partial charge on any atom is 0.0652 e. The first-order valence-electron chi connectivity index (χ1n) is 8.42. The fraction of sp³-hybridized carbons (Fsp3) is 0.889. The number of hydrogen-bond acceptors (Lipinski definition) is 3. The van der Waals surface area contributed by atoms with Crippen molar-refractivity contribution < 1.29 is 14.6 Å². The molecule has 1 rings (SSSR count). The van der Waals surface area contributed by atoms with Crippen LogP contribution >= 0.6 is 0 Å². The molecule has 21 heavy (non-hydrogen) atoms. The lowest BCUT2D eigenvalue weighted by Crippen LogP contribution is -2.34. The maximum atomic E-state index is 9.02. The Morgan fingerprint density at radius 3 is 2.43 bits per heavy atom. The number of aliphatic hydroxyl groups is 1. The van der Waals surface area contributed by atoms with Gasteiger partial charge in [0.1, 0.15) is 0 Å². The minimum Gasteiger partial charge on any atom is -0.396 e. The predicted octanol–water partition coefficient (Wildman–Crippen LogP) is 4.24. The molecule has 124 valence electrons. The Balaban J connectivity index is 2.33. The normalized spacial score (nSPS) is 22.6. The van der Waals surface area contributed by atoms with Crippen LogP contribution in [0.2, 0.25) is 0 Å². The number of aliphatic hydroxyl groups excluding tert-OH is 1. The van der Waals surface area contributed by atoms with Gasteiger partial charge in [-0.2, -0.15) is 0 Å². The summed E-state index contributed by atoms with van der Waals surface area (Å²) in [4.78, 5) is 0. The first kappa shape index (κ1) is 18.7. The van der Waals surface area contributed by atoms with E-state index in [9.17, 15) is 0 Å². The third-order valence-corrected chi connectivity index (χ3v) is 4.12. The number of hydrogen-bond donors (Lipinski definition) is 1. The molecule has 1 atom stereocenters. The average molecular weight is 298 g/mol. The Labute approximate surface area is 130 Å². The summed E-state index contributed by atoms with van der Waals surface area (Å²) in [5, 5.41) is 9.02. The van der Waals surface area contributed by atoms with Crippen LogP contribution in [-0.2, 0) is 9.47 Å². The molecule has 0 fully saturated rings. The van der Waals surface area contributed by atoms with Crippen LogP contribution in [0, 0.1) is 0 Å². The van der Waals surface area contributed by atoms with Crippen molar-refractivity contribution in [2.45, 2.75) is 89.9 Å². The van der Waals surface area contributed by atoms with Crippen LogP contribution in [-0.4, -0.2) is 35.6 Å². The highest BCUT2D eigenvalue weighted by molar-refractivity contribution is 4.86. The maximum absolute atomic E-state index is 9.02. The van der Waals surface area contributed by atoms with Gasteiger partial charge in [-0.3, -0.25) is 0 Å². The molecule has 0 radical (unpaired) electrons. The molecule has 0 bridgehead atoms. The monoisotopic (exact) mass is 298 g/mol. The van der Waals surface area contributed by atoms with Gasteiger partial charge in [-0.05, 0) is 72.6 Å². The summed E-state index contributed by atoms with van der Waals surface area (Å²) >= 11 is 0. The van der Waals surface area contributed by atoms with Crippen LogP contribution < -0.4 is 0 Å². The molecule has 0 saturated heterocycles. The molecule has 1 N–H and O–H groups in total. The molecule has 0 saturated carbocycles. The molecule has 0 aliphatic heterocycles. The third-order valence-electron chi connectivity index (χ3n) is 4.12. The Kier molecular flexibility index (Phi) is 7.93. The van der Waals surface area contributed by atoms with Crippen molar-refractivity contribution >= 4 is 0 Å². The van der Waals surface area contributed by atoms with E-state index in [0.717, 1.165) is 25.7 Å². The lowest BCUT2D eigenvalue weighted by atomic mass is 10.00. The molecule has 3 heteroatoms. The van der Waals surface area contributed by atoms with Crippen molar-refractivity contribution in [2.24, 2.45) is 0 Å². The van der Waals surface area contributed by atoms with Gasteiger partial charge in [0.25, 0.3) is 0 Å². The zero-order valence-electron chi connectivity index (χ0n) is 14.4. The van der Waals surface area contributed by atoms with E-state index in [4.69, 9.17) is 14.6 Å². The first-order valence-corrected chi connectivity index (χ1v) is 8.42. The Bertz CT molecular complexity index is 308. The van der Waals surface area contributed by atoms with E-state index in [1.54, 1.807) is 0 Å². The van der Waals surface area contributed by atoms with Crippen LogP contribution in [0.3, 0.4) is 0 Å². The van der Waals surface area contributed by atoms with Crippen LogP contribution in [0.25, 0.3) is 0 Å². The van der Waals surface area contributed by atoms with E-state index in [1.807, 2.05) is 13.8 Å². The Morgan fingerprint density at radius 2 is 1.71 bits per heavy atom. The van der Waals surface area contributed by atoms with E-state index in [-0.39, 0.29) is 17.8 Å². The lowest BCUT2D eigenvalue weighted by Gasteiger charge is -2.33. The Hall–Kier alpha value is -0.380. The van der Waals surface area contributed by atoms with Crippen molar-refractivity contribution in [3.63, 3.8) is 0 Å². The molecule has 1 aliphatic rings. The first-order chi connectivity index (χ1) is 9.85. The molecule has 1 unspecified atom stereocenters. The zero-order valence-corrected chi connectivity index (χ0v) is 14.4. The van der Waals surface area contributed by atoms with Crippen molar-refractivity contribution in [2.75, 3.05) is 13.2 Å². The SMILES string of the molecule is CC(C)(CCO)OCCC(C)(C)OC1CC/C=C\CCC1. The smallest absolute Gasteiger partial charge is 0.0652 e.